The average Bonchev–Trinajstić information content (AvgIpc) is 1.86. The molecule has 4 N–H and O–H groups in total. The fourth-order valence-corrected chi connectivity index (χ4v) is 0.523. The van der Waals surface area contributed by atoms with Crippen LogP contribution in [-0.4, -0.2) is 30.2 Å². The van der Waals surface area contributed by atoms with Crippen molar-refractivity contribution >= 4 is 5.91 Å². The van der Waals surface area contributed by atoms with Crippen LogP contribution in [0.15, 0.2) is 12.2 Å². The topological polar surface area (TPSA) is 75.3 Å². The molecule has 0 radical (unpaired) electrons. The summed E-state index contributed by atoms with van der Waals surface area (Å²) in [5, 5.41) is 11.7. The molecule has 0 saturated carbocycles. The molecule has 0 aliphatic carbocycles. The molecule has 4 heteroatoms. The molecule has 0 saturated heterocycles. The molecule has 1 atom stereocenters. The number of amides is 1. The molecule has 0 aromatic rings. The molecule has 64 valence electrons. The summed E-state index contributed by atoms with van der Waals surface area (Å²) in [6, 6.07) is 0. The summed E-state index contributed by atoms with van der Waals surface area (Å²) < 4.78 is 0. The summed E-state index contributed by atoms with van der Waals surface area (Å²) in [4.78, 5) is 10.3. The van der Waals surface area contributed by atoms with Gasteiger partial charge in [0, 0.05) is 13.1 Å². The van der Waals surface area contributed by atoms with Crippen molar-refractivity contribution in [2.24, 2.45) is 5.73 Å². The number of aliphatic hydroxyl groups is 1. The first kappa shape index (κ1) is 10.1. The molecule has 1 unspecified atom stereocenters. The summed E-state index contributed by atoms with van der Waals surface area (Å²) in [6.07, 6.45) is -1.10. The van der Waals surface area contributed by atoms with Crippen molar-refractivity contribution in [3.05, 3.63) is 12.2 Å². The second kappa shape index (κ2) is 4.87. The highest BCUT2D eigenvalue weighted by molar-refractivity contribution is 5.78. The Hall–Kier alpha value is -0.870. The molecule has 0 aromatic heterocycles. The van der Waals surface area contributed by atoms with Crippen molar-refractivity contribution in [3.8, 4) is 0 Å². The van der Waals surface area contributed by atoms with E-state index in [1.165, 1.54) is 0 Å². The molecule has 0 spiro atoms. The Labute approximate surface area is 66.1 Å². The zero-order valence-electron chi connectivity index (χ0n) is 6.63. The van der Waals surface area contributed by atoms with Crippen LogP contribution in [0.2, 0.25) is 0 Å². The van der Waals surface area contributed by atoms with Crippen LogP contribution in [0.1, 0.15) is 6.92 Å². The maximum Gasteiger partial charge on any atom is 0.247 e. The van der Waals surface area contributed by atoms with Crippen LogP contribution < -0.4 is 11.1 Å². The zero-order chi connectivity index (χ0) is 8.85. The molecule has 0 aliphatic heterocycles. The Bertz CT molecular complexity index is 157. The highest BCUT2D eigenvalue weighted by Gasteiger charge is 2.08. The summed E-state index contributed by atoms with van der Waals surface area (Å²) in [5.41, 5.74) is 5.75. The molecule has 0 aromatic carbocycles. The van der Waals surface area contributed by atoms with Gasteiger partial charge in [-0.05, 0) is 6.92 Å². The van der Waals surface area contributed by atoms with Gasteiger partial charge < -0.3 is 16.2 Å². The van der Waals surface area contributed by atoms with E-state index in [2.05, 4.69) is 11.9 Å². The van der Waals surface area contributed by atoms with E-state index in [0.717, 1.165) is 5.57 Å². The molecule has 0 fully saturated rings. The molecule has 0 aliphatic rings. The highest BCUT2D eigenvalue weighted by Crippen LogP contribution is 1.82. The van der Waals surface area contributed by atoms with Crippen LogP contribution in [-0.2, 0) is 4.79 Å². The van der Waals surface area contributed by atoms with E-state index in [0.29, 0.717) is 6.54 Å². The lowest BCUT2D eigenvalue weighted by molar-refractivity contribution is -0.125. The van der Waals surface area contributed by atoms with E-state index < -0.39 is 12.0 Å². The SMILES string of the molecule is C=C(C)CNCC(O)C(N)=O. The minimum Gasteiger partial charge on any atom is -0.382 e. The number of aliphatic hydroxyl groups excluding tert-OH is 1. The number of hydrogen-bond donors (Lipinski definition) is 3. The van der Waals surface area contributed by atoms with Gasteiger partial charge in [-0.25, -0.2) is 0 Å². The number of carbonyl (C=O) groups excluding carboxylic acids is 1. The first-order chi connectivity index (χ1) is 5.04. The van der Waals surface area contributed by atoms with E-state index in [1.54, 1.807) is 0 Å². The Balaban J connectivity index is 3.39. The quantitative estimate of drug-likeness (QED) is 0.449. The van der Waals surface area contributed by atoms with E-state index >= 15 is 0 Å². The fourth-order valence-electron chi connectivity index (χ4n) is 0.523. The number of hydrogen-bond acceptors (Lipinski definition) is 3. The van der Waals surface area contributed by atoms with Crippen molar-refractivity contribution in [2.75, 3.05) is 13.1 Å². The summed E-state index contributed by atoms with van der Waals surface area (Å²) >= 11 is 0. The van der Waals surface area contributed by atoms with Gasteiger partial charge in [0.1, 0.15) is 6.10 Å². The van der Waals surface area contributed by atoms with Gasteiger partial charge in [0.2, 0.25) is 5.91 Å². The minimum absolute atomic E-state index is 0.183. The van der Waals surface area contributed by atoms with Gasteiger partial charge >= 0.3 is 0 Å². The van der Waals surface area contributed by atoms with Crippen LogP contribution in [0, 0.1) is 0 Å². The predicted octanol–water partition coefficient (Wildman–Crippen LogP) is -1.00. The normalized spacial score (nSPS) is 12.5. The van der Waals surface area contributed by atoms with Crippen LogP contribution in [0.5, 0.6) is 0 Å². The number of carbonyl (C=O) groups is 1. The monoisotopic (exact) mass is 158 g/mol. The van der Waals surface area contributed by atoms with Crippen molar-refractivity contribution in [3.63, 3.8) is 0 Å². The van der Waals surface area contributed by atoms with Gasteiger partial charge in [-0.1, -0.05) is 12.2 Å². The summed E-state index contributed by atoms with van der Waals surface area (Å²) in [7, 11) is 0. The third kappa shape index (κ3) is 5.57. The lowest BCUT2D eigenvalue weighted by atomic mass is 10.3. The number of nitrogens with one attached hydrogen (secondary N) is 1. The van der Waals surface area contributed by atoms with Gasteiger partial charge in [-0.3, -0.25) is 4.79 Å². The van der Waals surface area contributed by atoms with Gasteiger partial charge in [0.05, 0.1) is 0 Å². The minimum atomic E-state index is -1.10. The molecule has 0 rings (SSSR count). The van der Waals surface area contributed by atoms with Crippen molar-refractivity contribution in [1.29, 1.82) is 0 Å². The first-order valence-corrected chi connectivity index (χ1v) is 3.36. The average molecular weight is 158 g/mol. The third-order valence-electron chi connectivity index (χ3n) is 1.09. The molecule has 0 heterocycles. The summed E-state index contributed by atoms with van der Waals surface area (Å²) in [6.45, 7) is 6.26. The Morgan fingerprint density at radius 2 is 2.36 bits per heavy atom. The Morgan fingerprint density at radius 3 is 2.73 bits per heavy atom. The third-order valence-corrected chi connectivity index (χ3v) is 1.09. The largest absolute Gasteiger partial charge is 0.382 e. The van der Waals surface area contributed by atoms with E-state index in [4.69, 9.17) is 10.8 Å². The number of nitrogens with two attached hydrogens (primary N) is 1. The lowest BCUT2D eigenvalue weighted by Crippen LogP contribution is -2.38. The summed E-state index contributed by atoms with van der Waals surface area (Å²) in [5.74, 6) is -0.709. The second-order valence-electron chi connectivity index (χ2n) is 2.51. The number of rotatable bonds is 5. The van der Waals surface area contributed by atoms with E-state index in [-0.39, 0.29) is 6.54 Å². The maximum atomic E-state index is 10.3. The lowest BCUT2D eigenvalue weighted by Gasteiger charge is -2.07. The molecule has 11 heavy (non-hydrogen) atoms. The van der Waals surface area contributed by atoms with Gasteiger partial charge in [0.25, 0.3) is 0 Å². The zero-order valence-corrected chi connectivity index (χ0v) is 6.63. The van der Waals surface area contributed by atoms with Gasteiger partial charge in [-0.15, -0.1) is 0 Å². The second-order valence-corrected chi connectivity index (χ2v) is 2.51. The van der Waals surface area contributed by atoms with Crippen LogP contribution in [0.3, 0.4) is 0 Å². The smallest absolute Gasteiger partial charge is 0.247 e. The van der Waals surface area contributed by atoms with Crippen LogP contribution in [0.4, 0.5) is 0 Å². The van der Waals surface area contributed by atoms with Crippen molar-refractivity contribution in [2.45, 2.75) is 13.0 Å². The number of primary amides is 1. The predicted molar refractivity (Wildman–Crippen MR) is 42.9 cm³/mol. The van der Waals surface area contributed by atoms with Gasteiger partial charge in [-0.2, -0.15) is 0 Å². The van der Waals surface area contributed by atoms with Crippen molar-refractivity contribution in [1.82, 2.24) is 5.32 Å². The van der Waals surface area contributed by atoms with E-state index in [1.807, 2.05) is 6.92 Å². The van der Waals surface area contributed by atoms with Gasteiger partial charge in [0.15, 0.2) is 0 Å². The maximum absolute atomic E-state index is 10.3. The molecular weight excluding hydrogens is 144 g/mol. The van der Waals surface area contributed by atoms with Crippen molar-refractivity contribution < 1.29 is 9.90 Å². The molecule has 4 nitrogen and oxygen atoms in total. The van der Waals surface area contributed by atoms with Crippen LogP contribution >= 0.6 is 0 Å². The highest BCUT2D eigenvalue weighted by atomic mass is 16.3. The Kier molecular flexibility index (Phi) is 4.49. The van der Waals surface area contributed by atoms with E-state index in [9.17, 15) is 4.79 Å². The first-order valence-electron chi connectivity index (χ1n) is 3.36. The molecule has 1 amide bonds. The standard InChI is InChI=1S/C7H14N2O2/c1-5(2)3-9-4-6(10)7(8)11/h6,9-10H,1,3-4H2,2H3,(H2,8,11). The fraction of sp³-hybridized carbons (Fsp3) is 0.571. The molecular formula is C7H14N2O2. The molecule has 0 bridgehead atoms. The Morgan fingerprint density at radius 1 is 1.82 bits per heavy atom. The van der Waals surface area contributed by atoms with Crippen LogP contribution in [0.25, 0.3) is 0 Å².